The van der Waals surface area contributed by atoms with Gasteiger partial charge in [-0.2, -0.15) is 18.2 Å². The molecule has 4 rings (SSSR count). The van der Waals surface area contributed by atoms with Crippen molar-refractivity contribution in [1.82, 2.24) is 9.97 Å². The van der Waals surface area contributed by atoms with Crippen molar-refractivity contribution in [1.29, 1.82) is 0 Å². The minimum Gasteiger partial charge on any atom is -0.472 e. The van der Waals surface area contributed by atoms with Crippen LogP contribution in [0, 0.1) is 0 Å². The van der Waals surface area contributed by atoms with E-state index in [4.69, 9.17) is 4.74 Å². The van der Waals surface area contributed by atoms with Crippen LogP contribution >= 0.6 is 0 Å². The first kappa shape index (κ1) is 20.2. The van der Waals surface area contributed by atoms with Gasteiger partial charge in [0, 0.05) is 11.9 Å². The number of hydrogen-bond donors (Lipinski definition) is 1. The Balaban J connectivity index is 1.51. The van der Waals surface area contributed by atoms with Crippen LogP contribution in [0.3, 0.4) is 0 Å². The van der Waals surface area contributed by atoms with Crippen molar-refractivity contribution < 1.29 is 17.9 Å². The predicted molar refractivity (Wildman–Crippen MR) is 109 cm³/mol. The van der Waals surface area contributed by atoms with E-state index in [1.165, 1.54) is 31.2 Å². The van der Waals surface area contributed by atoms with Crippen LogP contribution in [0.5, 0.6) is 5.88 Å². The summed E-state index contributed by atoms with van der Waals surface area (Å²) in [5.74, 6) is 0.158. The topological polar surface area (TPSA) is 47.0 Å². The van der Waals surface area contributed by atoms with Gasteiger partial charge >= 0.3 is 6.18 Å². The van der Waals surface area contributed by atoms with Crippen molar-refractivity contribution in [3.8, 4) is 5.88 Å². The van der Waals surface area contributed by atoms with Crippen LogP contribution in [0.1, 0.15) is 48.3 Å². The van der Waals surface area contributed by atoms with Crippen molar-refractivity contribution in [3.63, 3.8) is 0 Å². The van der Waals surface area contributed by atoms with E-state index in [0.717, 1.165) is 11.8 Å². The predicted octanol–water partition coefficient (Wildman–Crippen LogP) is 6.48. The molecule has 1 aliphatic carbocycles. The summed E-state index contributed by atoms with van der Waals surface area (Å²) in [7, 11) is 0. The van der Waals surface area contributed by atoms with Crippen LogP contribution in [0.2, 0.25) is 0 Å². The van der Waals surface area contributed by atoms with E-state index in [1.54, 1.807) is 24.3 Å². The van der Waals surface area contributed by atoms with Gasteiger partial charge in [0.25, 0.3) is 0 Å². The number of rotatable bonds is 6. The summed E-state index contributed by atoms with van der Waals surface area (Å²) in [6, 6.07) is 16.9. The van der Waals surface area contributed by atoms with Gasteiger partial charge < -0.3 is 10.1 Å². The Morgan fingerprint density at radius 1 is 0.967 bits per heavy atom. The minimum atomic E-state index is -4.60. The summed E-state index contributed by atoms with van der Waals surface area (Å²) in [4.78, 5) is 7.82. The third-order valence-electron chi connectivity index (χ3n) is 5.27. The lowest BCUT2D eigenvalue weighted by Crippen LogP contribution is -2.12. The lowest BCUT2D eigenvalue weighted by Gasteiger charge is -2.15. The van der Waals surface area contributed by atoms with Crippen LogP contribution < -0.4 is 10.1 Å². The quantitative estimate of drug-likeness (QED) is 0.503. The van der Waals surface area contributed by atoms with Gasteiger partial charge in [0.05, 0.1) is 0 Å². The standard InChI is InChI=1S/C23H22F3N3O/c24-23(25,26)20-14-27-22(29-21(20)30-15-16-6-2-1-3-7-16)28-19-12-10-18(11-13-19)17-8-4-5-9-17/h1-3,6-7,10-14,17H,4-5,8-9,15H2,(H,27,28,29). The molecule has 0 radical (unpaired) electrons. The molecule has 1 aromatic heterocycles. The van der Waals surface area contributed by atoms with Gasteiger partial charge in [0.1, 0.15) is 12.2 Å². The van der Waals surface area contributed by atoms with E-state index >= 15 is 0 Å². The minimum absolute atomic E-state index is 0.0174. The highest BCUT2D eigenvalue weighted by Gasteiger charge is 2.36. The van der Waals surface area contributed by atoms with E-state index in [0.29, 0.717) is 11.6 Å². The number of ether oxygens (including phenoxy) is 1. The fourth-order valence-corrected chi connectivity index (χ4v) is 3.68. The zero-order valence-electron chi connectivity index (χ0n) is 16.3. The summed E-state index contributed by atoms with van der Waals surface area (Å²) in [5.41, 5.74) is 1.76. The molecule has 2 aromatic carbocycles. The summed E-state index contributed by atoms with van der Waals surface area (Å²) >= 11 is 0. The van der Waals surface area contributed by atoms with Crippen molar-refractivity contribution in [2.24, 2.45) is 0 Å². The average molecular weight is 413 g/mol. The molecule has 4 nitrogen and oxygen atoms in total. The molecule has 0 amide bonds. The summed E-state index contributed by atoms with van der Waals surface area (Å²) in [6.45, 7) is -0.0174. The summed E-state index contributed by atoms with van der Waals surface area (Å²) < 4.78 is 45.4. The fraction of sp³-hybridized carbons (Fsp3) is 0.304. The second-order valence-electron chi connectivity index (χ2n) is 7.41. The van der Waals surface area contributed by atoms with E-state index in [9.17, 15) is 13.2 Å². The molecule has 0 saturated heterocycles. The Hall–Kier alpha value is -3.09. The first-order chi connectivity index (χ1) is 14.5. The second-order valence-corrected chi connectivity index (χ2v) is 7.41. The van der Waals surface area contributed by atoms with Crippen LogP contribution in [-0.4, -0.2) is 9.97 Å². The van der Waals surface area contributed by atoms with Gasteiger partial charge in [0.2, 0.25) is 11.8 Å². The third-order valence-corrected chi connectivity index (χ3v) is 5.27. The molecule has 1 saturated carbocycles. The largest absolute Gasteiger partial charge is 0.472 e. The van der Waals surface area contributed by atoms with Gasteiger partial charge in [-0.25, -0.2) is 4.98 Å². The zero-order valence-corrected chi connectivity index (χ0v) is 16.3. The normalized spacial score (nSPS) is 14.6. The molecule has 156 valence electrons. The van der Waals surface area contributed by atoms with Crippen LogP contribution in [-0.2, 0) is 12.8 Å². The monoisotopic (exact) mass is 413 g/mol. The average Bonchev–Trinajstić information content (AvgIpc) is 3.28. The lowest BCUT2D eigenvalue weighted by molar-refractivity contribution is -0.139. The van der Waals surface area contributed by atoms with Gasteiger partial charge in [-0.15, -0.1) is 0 Å². The molecular formula is C23H22F3N3O. The van der Waals surface area contributed by atoms with Gasteiger partial charge in [-0.3, -0.25) is 0 Å². The number of nitrogens with zero attached hydrogens (tertiary/aromatic N) is 2. The Morgan fingerprint density at radius 3 is 2.33 bits per heavy atom. The van der Waals surface area contributed by atoms with Gasteiger partial charge in [0.15, 0.2) is 0 Å². The molecule has 1 heterocycles. The second kappa shape index (κ2) is 8.73. The lowest BCUT2D eigenvalue weighted by atomic mass is 9.98. The fourth-order valence-electron chi connectivity index (χ4n) is 3.68. The highest BCUT2D eigenvalue weighted by Crippen LogP contribution is 2.36. The molecule has 0 aliphatic heterocycles. The number of hydrogen-bond acceptors (Lipinski definition) is 4. The molecule has 1 N–H and O–H groups in total. The number of alkyl halides is 3. The number of aromatic nitrogens is 2. The first-order valence-electron chi connectivity index (χ1n) is 9.97. The number of nitrogens with one attached hydrogen (secondary N) is 1. The molecule has 30 heavy (non-hydrogen) atoms. The Kier molecular flexibility index (Phi) is 5.88. The van der Waals surface area contributed by atoms with Crippen molar-refractivity contribution in [2.45, 2.75) is 44.4 Å². The zero-order chi connectivity index (χ0) is 21.0. The summed E-state index contributed by atoms with van der Waals surface area (Å²) in [6.07, 6.45) is 1.08. The van der Waals surface area contributed by atoms with E-state index in [1.807, 2.05) is 18.2 Å². The molecule has 0 spiro atoms. The number of anilines is 2. The van der Waals surface area contributed by atoms with Crippen molar-refractivity contribution in [2.75, 3.05) is 5.32 Å². The molecule has 1 fully saturated rings. The molecular weight excluding hydrogens is 391 g/mol. The highest BCUT2D eigenvalue weighted by atomic mass is 19.4. The maximum atomic E-state index is 13.3. The first-order valence-corrected chi connectivity index (χ1v) is 9.97. The SMILES string of the molecule is FC(F)(F)c1cnc(Nc2ccc(C3CCCC3)cc2)nc1OCc1ccccc1. The Morgan fingerprint density at radius 2 is 1.67 bits per heavy atom. The number of benzene rings is 2. The van der Waals surface area contributed by atoms with E-state index in [2.05, 4.69) is 27.4 Å². The van der Waals surface area contributed by atoms with E-state index < -0.39 is 17.6 Å². The smallest absolute Gasteiger partial charge is 0.423 e. The van der Waals surface area contributed by atoms with Gasteiger partial charge in [-0.05, 0) is 42.0 Å². The molecule has 1 aliphatic rings. The van der Waals surface area contributed by atoms with Crippen LogP contribution in [0.15, 0.2) is 60.8 Å². The maximum absolute atomic E-state index is 13.3. The maximum Gasteiger partial charge on any atom is 0.423 e. The molecule has 3 aromatic rings. The third kappa shape index (κ3) is 4.90. The Labute approximate surface area is 173 Å². The molecule has 0 unspecified atom stereocenters. The number of halogens is 3. The van der Waals surface area contributed by atoms with E-state index in [-0.39, 0.29) is 12.6 Å². The Bertz CT molecular complexity index is 969. The van der Waals surface area contributed by atoms with Gasteiger partial charge in [-0.1, -0.05) is 55.3 Å². The van der Waals surface area contributed by atoms with Crippen LogP contribution in [0.25, 0.3) is 0 Å². The summed E-state index contributed by atoms with van der Waals surface area (Å²) in [5, 5.41) is 2.97. The highest BCUT2D eigenvalue weighted by molar-refractivity contribution is 5.54. The van der Waals surface area contributed by atoms with Crippen molar-refractivity contribution in [3.05, 3.63) is 77.5 Å². The molecule has 0 bridgehead atoms. The molecule has 7 heteroatoms. The molecule has 0 atom stereocenters. The van der Waals surface area contributed by atoms with Crippen LogP contribution in [0.4, 0.5) is 24.8 Å². The van der Waals surface area contributed by atoms with Crippen molar-refractivity contribution >= 4 is 11.6 Å².